The summed E-state index contributed by atoms with van der Waals surface area (Å²) in [6, 6.07) is 5.80. The van der Waals surface area contributed by atoms with Crippen LogP contribution in [-0.4, -0.2) is 9.97 Å². The van der Waals surface area contributed by atoms with Crippen LogP contribution in [0.15, 0.2) is 27.5 Å². The molecule has 0 aliphatic carbocycles. The van der Waals surface area contributed by atoms with Crippen LogP contribution in [0.2, 0.25) is 0 Å². The van der Waals surface area contributed by atoms with Gasteiger partial charge < -0.3 is 4.98 Å². The van der Waals surface area contributed by atoms with Gasteiger partial charge in [-0.3, -0.25) is 0 Å². The van der Waals surface area contributed by atoms with Gasteiger partial charge in [0.05, 0.1) is 5.52 Å². The van der Waals surface area contributed by atoms with Gasteiger partial charge in [-0.25, -0.2) is 4.79 Å². The average molecular weight is 267 g/mol. The lowest BCUT2D eigenvalue weighted by Gasteiger charge is -2.04. The van der Waals surface area contributed by atoms with Gasteiger partial charge >= 0.3 is 5.69 Å². The summed E-state index contributed by atoms with van der Waals surface area (Å²) in [5.41, 5.74) is 1.45. The lowest BCUT2D eigenvalue weighted by molar-refractivity contribution is 0.874. The van der Waals surface area contributed by atoms with Crippen LogP contribution >= 0.6 is 15.9 Å². The molecule has 0 unspecified atom stereocenters. The Labute approximate surface area is 95.7 Å². The summed E-state index contributed by atoms with van der Waals surface area (Å²) in [7, 11) is 0. The molecule has 0 saturated carbocycles. The van der Waals surface area contributed by atoms with E-state index in [1.165, 1.54) is 0 Å². The summed E-state index contributed by atoms with van der Waals surface area (Å²) in [5, 5.41) is 1.03. The van der Waals surface area contributed by atoms with Gasteiger partial charge in [-0.2, -0.15) is 4.98 Å². The minimum absolute atomic E-state index is 0.274. The van der Waals surface area contributed by atoms with E-state index >= 15 is 0 Å². The van der Waals surface area contributed by atoms with Crippen molar-refractivity contribution in [2.75, 3.05) is 0 Å². The quantitative estimate of drug-likeness (QED) is 0.909. The van der Waals surface area contributed by atoms with Crippen LogP contribution in [0.4, 0.5) is 0 Å². The van der Waals surface area contributed by atoms with E-state index in [0.29, 0.717) is 0 Å². The Hall–Kier alpha value is -1.16. The second-order valence-electron chi connectivity index (χ2n) is 3.43. The smallest absolute Gasteiger partial charge is 0.309 e. The van der Waals surface area contributed by atoms with Crippen molar-refractivity contribution in [2.45, 2.75) is 19.8 Å². The highest BCUT2D eigenvalue weighted by Crippen LogP contribution is 2.19. The highest BCUT2D eigenvalue weighted by atomic mass is 79.9. The number of hydrogen-bond acceptors (Lipinski definition) is 2. The Bertz CT molecular complexity index is 548. The number of aryl methyl sites for hydroxylation is 1. The number of fused-ring (bicyclic) bond motifs is 1. The standard InChI is InChI=1S/C11H11BrN2O/c1-2-3-9-8-5-4-7(12)6-10(8)14-11(15)13-9/h4-6H,2-3H2,1H3,(H,13,14,15). The zero-order valence-corrected chi connectivity index (χ0v) is 9.97. The molecule has 0 bridgehead atoms. The molecule has 0 atom stereocenters. The number of nitrogens with zero attached hydrogens (tertiary/aromatic N) is 1. The maximum absolute atomic E-state index is 11.3. The molecule has 3 nitrogen and oxygen atoms in total. The van der Waals surface area contributed by atoms with Gasteiger partial charge in [-0.15, -0.1) is 0 Å². The van der Waals surface area contributed by atoms with Gasteiger partial charge in [0.1, 0.15) is 0 Å². The molecule has 0 amide bonds. The van der Waals surface area contributed by atoms with Gasteiger partial charge in [0.2, 0.25) is 0 Å². The first-order valence-electron chi connectivity index (χ1n) is 4.89. The van der Waals surface area contributed by atoms with E-state index in [2.05, 4.69) is 32.8 Å². The van der Waals surface area contributed by atoms with Crippen molar-refractivity contribution in [2.24, 2.45) is 0 Å². The number of benzene rings is 1. The third kappa shape index (κ3) is 2.09. The number of halogens is 1. The third-order valence-electron chi connectivity index (χ3n) is 2.26. The summed E-state index contributed by atoms with van der Waals surface area (Å²) >= 11 is 3.37. The van der Waals surface area contributed by atoms with Crippen LogP contribution in [0.5, 0.6) is 0 Å². The highest BCUT2D eigenvalue weighted by Gasteiger charge is 2.03. The first-order valence-corrected chi connectivity index (χ1v) is 5.68. The van der Waals surface area contributed by atoms with Crippen molar-refractivity contribution < 1.29 is 0 Å². The van der Waals surface area contributed by atoms with Crippen molar-refractivity contribution in [1.82, 2.24) is 9.97 Å². The molecule has 1 aromatic heterocycles. The van der Waals surface area contributed by atoms with Crippen LogP contribution < -0.4 is 5.69 Å². The van der Waals surface area contributed by atoms with Crippen LogP contribution in [0.25, 0.3) is 10.9 Å². The second kappa shape index (κ2) is 4.14. The van der Waals surface area contributed by atoms with E-state index in [-0.39, 0.29) is 5.69 Å². The molecule has 0 aliphatic rings. The second-order valence-corrected chi connectivity index (χ2v) is 4.35. The van der Waals surface area contributed by atoms with Crippen LogP contribution in [0.3, 0.4) is 0 Å². The maximum Gasteiger partial charge on any atom is 0.345 e. The fourth-order valence-corrected chi connectivity index (χ4v) is 1.98. The van der Waals surface area contributed by atoms with Gasteiger partial charge in [-0.1, -0.05) is 29.3 Å². The first kappa shape index (κ1) is 10.4. The fourth-order valence-electron chi connectivity index (χ4n) is 1.63. The highest BCUT2D eigenvalue weighted by molar-refractivity contribution is 9.10. The number of H-pyrrole nitrogens is 1. The zero-order valence-electron chi connectivity index (χ0n) is 8.38. The molecule has 0 fully saturated rings. The van der Waals surface area contributed by atoms with E-state index < -0.39 is 0 Å². The Balaban J connectivity index is 2.74. The molecule has 1 N–H and O–H groups in total. The summed E-state index contributed by atoms with van der Waals surface area (Å²) in [6.45, 7) is 2.09. The zero-order chi connectivity index (χ0) is 10.8. The first-order chi connectivity index (χ1) is 7.20. The van der Waals surface area contributed by atoms with E-state index in [1.807, 2.05) is 18.2 Å². The lowest BCUT2D eigenvalue weighted by atomic mass is 10.1. The topological polar surface area (TPSA) is 45.8 Å². The van der Waals surface area contributed by atoms with Crippen molar-refractivity contribution in [3.63, 3.8) is 0 Å². The molecule has 0 radical (unpaired) electrons. The van der Waals surface area contributed by atoms with E-state index in [4.69, 9.17) is 0 Å². The van der Waals surface area contributed by atoms with Crippen molar-refractivity contribution >= 4 is 26.8 Å². The SMILES string of the molecule is CCCc1[nH]c(=O)nc2cc(Br)ccc12. The minimum Gasteiger partial charge on any atom is -0.309 e. The molecule has 78 valence electrons. The molecule has 2 aromatic rings. The summed E-state index contributed by atoms with van der Waals surface area (Å²) in [5.74, 6) is 0. The summed E-state index contributed by atoms with van der Waals surface area (Å²) < 4.78 is 0.940. The van der Waals surface area contributed by atoms with Gasteiger partial charge in [0.15, 0.2) is 0 Å². The number of hydrogen-bond donors (Lipinski definition) is 1. The number of aromatic nitrogens is 2. The fraction of sp³-hybridized carbons (Fsp3) is 0.273. The predicted octanol–water partition coefficient (Wildman–Crippen LogP) is 2.64. The van der Waals surface area contributed by atoms with Crippen LogP contribution in [0.1, 0.15) is 19.0 Å². The van der Waals surface area contributed by atoms with Crippen molar-refractivity contribution in [3.05, 3.63) is 38.9 Å². The Morgan fingerprint density at radius 3 is 3.00 bits per heavy atom. The molecule has 15 heavy (non-hydrogen) atoms. The largest absolute Gasteiger partial charge is 0.345 e. The Kier molecular flexibility index (Phi) is 2.86. The minimum atomic E-state index is -0.274. The predicted molar refractivity (Wildman–Crippen MR) is 64.1 cm³/mol. The van der Waals surface area contributed by atoms with Gasteiger partial charge in [0, 0.05) is 15.6 Å². The van der Waals surface area contributed by atoms with E-state index in [0.717, 1.165) is 33.9 Å². The number of rotatable bonds is 2. The molecule has 4 heteroatoms. The molecule has 0 spiro atoms. The Morgan fingerprint density at radius 2 is 2.27 bits per heavy atom. The van der Waals surface area contributed by atoms with Crippen LogP contribution in [0, 0.1) is 0 Å². The van der Waals surface area contributed by atoms with E-state index in [9.17, 15) is 4.79 Å². The summed E-state index contributed by atoms with van der Waals surface area (Å²) in [6.07, 6.45) is 1.88. The normalized spacial score (nSPS) is 10.8. The lowest BCUT2D eigenvalue weighted by Crippen LogP contribution is -2.13. The molecular weight excluding hydrogens is 256 g/mol. The van der Waals surface area contributed by atoms with E-state index in [1.54, 1.807) is 0 Å². The molecule has 0 saturated heterocycles. The third-order valence-corrected chi connectivity index (χ3v) is 2.76. The van der Waals surface area contributed by atoms with Gasteiger partial charge in [-0.05, 0) is 24.6 Å². The number of nitrogens with one attached hydrogen (secondary N) is 1. The van der Waals surface area contributed by atoms with Crippen LogP contribution in [-0.2, 0) is 6.42 Å². The van der Waals surface area contributed by atoms with Crippen molar-refractivity contribution in [3.8, 4) is 0 Å². The molecule has 0 aliphatic heterocycles. The average Bonchev–Trinajstić information content (AvgIpc) is 2.17. The molecule has 1 aromatic carbocycles. The molecule has 1 heterocycles. The van der Waals surface area contributed by atoms with Crippen molar-refractivity contribution in [1.29, 1.82) is 0 Å². The monoisotopic (exact) mass is 266 g/mol. The number of aromatic amines is 1. The summed E-state index contributed by atoms with van der Waals surface area (Å²) in [4.78, 5) is 18.0. The Morgan fingerprint density at radius 1 is 1.47 bits per heavy atom. The molecular formula is C11H11BrN2O. The molecule has 2 rings (SSSR count). The maximum atomic E-state index is 11.3. The van der Waals surface area contributed by atoms with Gasteiger partial charge in [0.25, 0.3) is 0 Å².